The summed E-state index contributed by atoms with van der Waals surface area (Å²) >= 11 is 0. The molecule has 7 nitrogen and oxygen atoms in total. The van der Waals surface area contributed by atoms with Gasteiger partial charge in [0.1, 0.15) is 16.8 Å². The second kappa shape index (κ2) is 10.1. The molecule has 0 radical (unpaired) electrons. The average molecular weight is 485 g/mol. The molecule has 0 saturated carbocycles. The smallest absolute Gasteiger partial charge is 0.244 e. The molecule has 2 atom stereocenters. The molecule has 0 fully saturated rings. The van der Waals surface area contributed by atoms with Crippen LogP contribution in [0.1, 0.15) is 49.6 Å². The third-order valence-corrected chi connectivity index (χ3v) is 7.59. The standard InChI is InChI=1S/C25H29FN4O3S/c1-17(2)24(29-34(32,33)23-14-7-6-11-20(23)26)25(31)28-21-12-8-13-22-19(21)15-27-30(22)16-18-9-4-3-5-10-18/h3-7,9-11,14-15,17,21,24,29H,8,12-13,16H2,1-2H3,(H,28,31)/t21?,24-/m0/s1. The van der Waals surface area contributed by atoms with E-state index >= 15 is 0 Å². The van der Waals surface area contributed by atoms with E-state index in [1.807, 2.05) is 35.0 Å². The number of hydrogen-bond donors (Lipinski definition) is 2. The van der Waals surface area contributed by atoms with Crippen molar-refractivity contribution in [3.05, 3.63) is 83.4 Å². The Kier molecular flexibility index (Phi) is 7.13. The second-order valence-electron chi connectivity index (χ2n) is 8.92. The van der Waals surface area contributed by atoms with Gasteiger partial charge < -0.3 is 5.32 Å². The normalized spacial score (nSPS) is 16.8. The highest BCUT2D eigenvalue weighted by Gasteiger charge is 2.33. The lowest BCUT2D eigenvalue weighted by Gasteiger charge is -2.28. The van der Waals surface area contributed by atoms with Crippen LogP contribution in [0.15, 0.2) is 65.7 Å². The van der Waals surface area contributed by atoms with Crippen molar-refractivity contribution in [2.75, 3.05) is 0 Å². The van der Waals surface area contributed by atoms with Crippen LogP contribution in [-0.4, -0.2) is 30.1 Å². The Bertz CT molecular complexity index is 1260. The predicted molar refractivity (Wildman–Crippen MR) is 127 cm³/mol. The van der Waals surface area contributed by atoms with Gasteiger partial charge in [0.25, 0.3) is 0 Å². The molecule has 1 aliphatic carbocycles. The van der Waals surface area contributed by atoms with Crippen molar-refractivity contribution in [2.24, 2.45) is 5.92 Å². The fourth-order valence-electron chi connectivity index (χ4n) is 4.31. The number of carbonyl (C=O) groups excluding carboxylic acids is 1. The fourth-order valence-corrected chi connectivity index (χ4v) is 5.73. The quantitative estimate of drug-likeness (QED) is 0.511. The molecule has 1 heterocycles. The molecular weight excluding hydrogens is 455 g/mol. The molecule has 1 aromatic heterocycles. The molecular formula is C25H29FN4O3S. The Balaban J connectivity index is 1.51. The monoisotopic (exact) mass is 484 g/mol. The van der Waals surface area contributed by atoms with Gasteiger partial charge in [-0.2, -0.15) is 9.82 Å². The summed E-state index contributed by atoms with van der Waals surface area (Å²) in [4.78, 5) is 12.7. The van der Waals surface area contributed by atoms with Crippen molar-refractivity contribution >= 4 is 15.9 Å². The maximum atomic E-state index is 14.1. The number of aromatic nitrogens is 2. The van der Waals surface area contributed by atoms with Crippen LogP contribution in [0, 0.1) is 11.7 Å². The minimum absolute atomic E-state index is 0.264. The molecule has 2 N–H and O–H groups in total. The maximum Gasteiger partial charge on any atom is 0.244 e. The Morgan fingerprint density at radius 3 is 2.56 bits per heavy atom. The number of nitrogens with zero attached hydrogens (tertiary/aromatic N) is 2. The topological polar surface area (TPSA) is 93.1 Å². The summed E-state index contributed by atoms with van der Waals surface area (Å²) in [6.07, 6.45) is 4.27. The van der Waals surface area contributed by atoms with Crippen LogP contribution in [0.2, 0.25) is 0 Å². The number of rotatable bonds is 8. The summed E-state index contributed by atoms with van der Waals surface area (Å²) < 4.78 is 44.1. The van der Waals surface area contributed by atoms with E-state index in [0.29, 0.717) is 6.54 Å². The van der Waals surface area contributed by atoms with Gasteiger partial charge in [0, 0.05) is 11.3 Å². The Morgan fingerprint density at radius 2 is 1.85 bits per heavy atom. The van der Waals surface area contributed by atoms with Crippen LogP contribution < -0.4 is 10.0 Å². The van der Waals surface area contributed by atoms with Gasteiger partial charge in [0.2, 0.25) is 15.9 Å². The second-order valence-corrected chi connectivity index (χ2v) is 10.6. The summed E-state index contributed by atoms with van der Waals surface area (Å²) in [7, 11) is -4.21. The van der Waals surface area contributed by atoms with Gasteiger partial charge in [-0.15, -0.1) is 0 Å². The molecule has 3 aromatic rings. The van der Waals surface area contributed by atoms with Crippen molar-refractivity contribution in [3.8, 4) is 0 Å². The maximum absolute atomic E-state index is 14.1. The molecule has 2 aromatic carbocycles. The molecule has 9 heteroatoms. The lowest BCUT2D eigenvalue weighted by molar-refractivity contribution is -0.124. The zero-order valence-corrected chi connectivity index (χ0v) is 20.1. The number of hydrogen-bond acceptors (Lipinski definition) is 4. The third kappa shape index (κ3) is 5.20. The number of nitrogens with one attached hydrogen (secondary N) is 2. The van der Waals surface area contributed by atoms with Gasteiger partial charge in [-0.05, 0) is 42.9 Å². The number of halogens is 1. The van der Waals surface area contributed by atoms with Gasteiger partial charge in [-0.25, -0.2) is 12.8 Å². The highest BCUT2D eigenvalue weighted by atomic mass is 32.2. The minimum Gasteiger partial charge on any atom is -0.348 e. The van der Waals surface area contributed by atoms with Crippen LogP contribution in [0.4, 0.5) is 4.39 Å². The molecule has 1 unspecified atom stereocenters. The minimum atomic E-state index is -4.21. The van der Waals surface area contributed by atoms with Crippen molar-refractivity contribution in [3.63, 3.8) is 0 Å². The van der Waals surface area contributed by atoms with Crippen LogP contribution in [0.25, 0.3) is 0 Å². The molecule has 34 heavy (non-hydrogen) atoms. The van der Waals surface area contributed by atoms with Crippen molar-refractivity contribution in [1.29, 1.82) is 0 Å². The van der Waals surface area contributed by atoms with Crippen LogP contribution >= 0.6 is 0 Å². The molecule has 0 bridgehead atoms. The van der Waals surface area contributed by atoms with E-state index in [1.165, 1.54) is 18.2 Å². The number of amides is 1. The highest BCUT2D eigenvalue weighted by molar-refractivity contribution is 7.89. The molecule has 0 spiro atoms. The van der Waals surface area contributed by atoms with E-state index in [0.717, 1.165) is 42.1 Å². The van der Waals surface area contributed by atoms with Crippen molar-refractivity contribution < 1.29 is 17.6 Å². The van der Waals surface area contributed by atoms with Crippen LogP contribution in [0.3, 0.4) is 0 Å². The van der Waals surface area contributed by atoms with E-state index < -0.39 is 32.7 Å². The molecule has 0 saturated heterocycles. The molecule has 1 aliphatic rings. The third-order valence-electron chi connectivity index (χ3n) is 6.11. The van der Waals surface area contributed by atoms with E-state index in [2.05, 4.69) is 15.1 Å². The fraction of sp³-hybridized carbons (Fsp3) is 0.360. The summed E-state index contributed by atoms with van der Waals surface area (Å²) in [6, 6.07) is 13.9. The van der Waals surface area contributed by atoms with E-state index in [1.54, 1.807) is 20.0 Å². The Morgan fingerprint density at radius 1 is 1.15 bits per heavy atom. The molecule has 0 aliphatic heterocycles. The lowest BCUT2D eigenvalue weighted by atomic mass is 9.92. The Labute approximate surface area is 199 Å². The van der Waals surface area contributed by atoms with Gasteiger partial charge in [0.15, 0.2) is 0 Å². The van der Waals surface area contributed by atoms with E-state index in [9.17, 15) is 17.6 Å². The molecule has 4 rings (SSSR count). The van der Waals surface area contributed by atoms with Gasteiger partial charge in [-0.1, -0.05) is 56.3 Å². The number of benzene rings is 2. The van der Waals surface area contributed by atoms with Gasteiger partial charge in [-0.3, -0.25) is 9.48 Å². The number of fused-ring (bicyclic) bond motifs is 1. The van der Waals surface area contributed by atoms with Gasteiger partial charge in [0.05, 0.1) is 18.8 Å². The summed E-state index contributed by atoms with van der Waals surface area (Å²) in [5, 5.41) is 7.56. The number of sulfonamides is 1. The first-order valence-corrected chi connectivity index (χ1v) is 12.9. The highest BCUT2D eigenvalue weighted by Crippen LogP contribution is 2.30. The largest absolute Gasteiger partial charge is 0.348 e. The average Bonchev–Trinajstić information content (AvgIpc) is 3.22. The Hall–Kier alpha value is -3.04. The van der Waals surface area contributed by atoms with Crippen LogP contribution in [0.5, 0.6) is 0 Å². The van der Waals surface area contributed by atoms with Crippen molar-refractivity contribution in [2.45, 2.75) is 56.6 Å². The molecule has 180 valence electrons. The predicted octanol–water partition coefficient (Wildman–Crippen LogP) is 3.57. The zero-order valence-electron chi connectivity index (χ0n) is 19.2. The van der Waals surface area contributed by atoms with Crippen molar-refractivity contribution in [1.82, 2.24) is 19.8 Å². The summed E-state index contributed by atoms with van der Waals surface area (Å²) in [5.74, 6) is -1.64. The SMILES string of the molecule is CC(C)[C@H](NS(=O)(=O)c1ccccc1F)C(=O)NC1CCCc2c1cnn2Cc1ccccc1. The first-order chi connectivity index (χ1) is 16.3. The lowest BCUT2D eigenvalue weighted by Crippen LogP contribution is -2.50. The zero-order chi connectivity index (χ0) is 24.3. The summed E-state index contributed by atoms with van der Waals surface area (Å²) in [6.45, 7) is 4.14. The summed E-state index contributed by atoms with van der Waals surface area (Å²) in [5.41, 5.74) is 3.17. The van der Waals surface area contributed by atoms with E-state index in [4.69, 9.17) is 0 Å². The molecule has 1 amide bonds. The van der Waals surface area contributed by atoms with Crippen LogP contribution in [-0.2, 0) is 27.8 Å². The van der Waals surface area contributed by atoms with Gasteiger partial charge >= 0.3 is 0 Å². The number of carbonyl (C=O) groups is 1. The van der Waals surface area contributed by atoms with E-state index in [-0.39, 0.29) is 12.0 Å². The first-order valence-electron chi connectivity index (χ1n) is 11.4. The first kappa shape index (κ1) is 24.1.